The Labute approximate surface area is 104 Å². The highest BCUT2D eigenvalue weighted by Gasteiger charge is 2.04. The average molecular weight is 238 g/mol. The van der Waals surface area contributed by atoms with Gasteiger partial charge in [-0.15, -0.1) is 0 Å². The third-order valence-electron chi connectivity index (χ3n) is 2.86. The third kappa shape index (κ3) is 4.75. The van der Waals surface area contributed by atoms with E-state index in [9.17, 15) is 0 Å². The fraction of sp³-hybridized carbons (Fsp3) is 0.571. The zero-order valence-electron chi connectivity index (χ0n) is 11.3. The van der Waals surface area contributed by atoms with Gasteiger partial charge in [-0.25, -0.2) is 0 Å². The van der Waals surface area contributed by atoms with Crippen molar-refractivity contribution in [3.63, 3.8) is 0 Å². The molecule has 0 heterocycles. The summed E-state index contributed by atoms with van der Waals surface area (Å²) < 4.78 is 5.72. The van der Waals surface area contributed by atoms with Crippen LogP contribution in [0.3, 0.4) is 0 Å². The molecule has 0 radical (unpaired) electrons. The SMILES string of the molecule is Cc1cc(OCC[NH2+]CC[NH3+])ccc1C(C)C. The monoisotopic (exact) mass is 238 g/mol. The van der Waals surface area contributed by atoms with Gasteiger partial charge >= 0.3 is 0 Å². The van der Waals surface area contributed by atoms with E-state index >= 15 is 0 Å². The Morgan fingerprint density at radius 3 is 2.65 bits per heavy atom. The van der Waals surface area contributed by atoms with Gasteiger partial charge in [0.1, 0.15) is 32.0 Å². The molecular formula is C14H26N2O+2. The summed E-state index contributed by atoms with van der Waals surface area (Å²) in [7, 11) is 0. The van der Waals surface area contributed by atoms with Crippen LogP contribution in [0.5, 0.6) is 5.75 Å². The molecular weight excluding hydrogens is 212 g/mol. The molecule has 0 aromatic heterocycles. The molecule has 0 aliphatic heterocycles. The highest BCUT2D eigenvalue weighted by Crippen LogP contribution is 2.23. The number of hydrogen-bond acceptors (Lipinski definition) is 1. The maximum Gasteiger partial charge on any atom is 0.137 e. The second-order valence-corrected chi connectivity index (χ2v) is 4.74. The van der Waals surface area contributed by atoms with E-state index < -0.39 is 0 Å². The van der Waals surface area contributed by atoms with Gasteiger partial charge in [0.15, 0.2) is 0 Å². The number of quaternary nitrogens is 2. The summed E-state index contributed by atoms with van der Waals surface area (Å²) in [5.74, 6) is 1.56. The summed E-state index contributed by atoms with van der Waals surface area (Å²) >= 11 is 0. The van der Waals surface area contributed by atoms with Crippen LogP contribution in [0.1, 0.15) is 30.9 Å². The van der Waals surface area contributed by atoms with Gasteiger partial charge < -0.3 is 15.8 Å². The predicted octanol–water partition coefficient (Wildman–Crippen LogP) is 0.303. The van der Waals surface area contributed by atoms with Crippen LogP contribution < -0.4 is 15.8 Å². The molecule has 1 aromatic carbocycles. The number of ether oxygens (including phenoxy) is 1. The van der Waals surface area contributed by atoms with E-state index in [0.717, 1.165) is 32.0 Å². The topological polar surface area (TPSA) is 53.5 Å². The molecule has 1 aromatic rings. The van der Waals surface area contributed by atoms with Gasteiger partial charge in [0.25, 0.3) is 0 Å². The van der Waals surface area contributed by atoms with E-state index in [-0.39, 0.29) is 0 Å². The first-order chi connectivity index (χ1) is 8.15. The number of nitrogens with two attached hydrogens (primary N) is 1. The average Bonchev–Trinajstić information content (AvgIpc) is 2.28. The standard InChI is InChI=1S/C14H24N2O/c1-11(2)14-5-4-13(10-12(14)3)17-9-8-16-7-6-15/h4-5,10-11,16H,6-9,15H2,1-3H3/p+2. The molecule has 0 unspecified atom stereocenters. The Balaban J connectivity index is 2.42. The highest BCUT2D eigenvalue weighted by atomic mass is 16.5. The van der Waals surface area contributed by atoms with E-state index in [1.807, 2.05) is 0 Å². The smallest absolute Gasteiger partial charge is 0.137 e. The van der Waals surface area contributed by atoms with Crippen LogP contribution in [0.15, 0.2) is 18.2 Å². The second-order valence-electron chi connectivity index (χ2n) is 4.74. The zero-order valence-corrected chi connectivity index (χ0v) is 11.3. The Morgan fingerprint density at radius 2 is 2.06 bits per heavy atom. The predicted molar refractivity (Wildman–Crippen MR) is 70.2 cm³/mol. The maximum atomic E-state index is 5.72. The molecule has 0 aliphatic carbocycles. The van der Waals surface area contributed by atoms with Crippen molar-refractivity contribution in [1.29, 1.82) is 0 Å². The van der Waals surface area contributed by atoms with Gasteiger partial charge in [0.2, 0.25) is 0 Å². The van der Waals surface area contributed by atoms with Crippen molar-refractivity contribution in [1.82, 2.24) is 0 Å². The molecule has 0 aliphatic rings. The van der Waals surface area contributed by atoms with Crippen molar-refractivity contribution < 1.29 is 15.8 Å². The summed E-state index contributed by atoms with van der Waals surface area (Å²) in [6, 6.07) is 6.38. The Bertz CT molecular complexity index is 337. The molecule has 0 spiro atoms. The fourth-order valence-electron chi connectivity index (χ4n) is 1.93. The molecule has 0 amide bonds. The fourth-order valence-corrected chi connectivity index (χ4v) is 1.93. The van der Waals surface area contributed by atoms with Gasteiger partial charge in [-0.2, -0.15) is 0 Å². The molecule has 0 saturated carbocycles. The molecule has 3 nitrogen and oxygen atoms in total. The molecule has 5 N–H and O–H groups in total. The molecule has 3 heteroatoms. The highest BCUT2D eigenvalue weighted by molar-refractivity contribution is 5.36. The Morgan fingerprint density at radius 1 is 1.29 bits per heavy atom. The van der Waals surface area contributed by atoms with Crippen molar-refractivity contribution in [2.45, 2.75) is 26.7 Å². The van der Waals surface area contributed by atoms with Gasteiger partial charge in [0, 0.05) is 0 Å². The molecule has 17 heavy (non-hydrogen) atoms. The molecule has 0 fully saturated rings. The first-order valence-electron chi connectivity index (χ1n) is 6.49. The molecule has 0 bridgehead atoms. The minimum Gasteiger partial charge on any atom is -0.488 e. The Hall–Kier alpha value is -1.06. The van der Waals surface area contributed by atoms with E-state index in [0.29, 0.717) is 5.92 Å². The van der Waals surface area contributed by atoms with Gasteiger partial charge in [-0.1, -0.05) is 19.9 Å². The zero-order chi connectivity index (χ0) is 12.7. The lowest BCUT2D eigenvalue weighted by atomic mass is 9.98. The second kappa shape index (κ2) is 7.30. The number of aryl methyl sites for hydroxylation is 1. The third-order valence-corrected chi connectivity index (χ3v) is 2.86. The number of benzene rings is 1. The summed E-state index contributed by atoms with van der Waals surface area (Å²) in [5.41, 5.74) is 6.53. The van der Waals surface area contributed by atoms with Crippen molar-refractivity contribution in [3.05, 3.63) is 29.3 Å². The minimum absolute atomic E-state index is 0.578. The van der Waals surface area contributed by atoms with Crippen LogP contribution in [-0.4, -0.2) is 26.2 Å². The molecule has 96 valence electrons. The van der Waals surface area contributed by atoms with E-state index in [1.165, 1.54) is 11.1 Å². The largest absolute Gasteiger partial charge is 0.488 e. The van der Waals surface area contributed by atoms with E-state index in [4.69, 9.17) is 4.74 Å². The lowest BCUT2D eigenvalue weighted by Gasteiger charge is -2.12. The lowest BCUT2D eigenvalue weighted by Crippen LogP contribution is -2.88. The van der Waals surface area contributed by atoms with Gasteiger partial charge in [-0.05, 0) is 36.1 Å². The van der Waals surface area contributed by atoms with E-state index in [2.05, 4.69) is 50.0 Å². The summed E-state index contributed by atoms with van der Waals surface area (Å²) in [6.45, 7) is 10.4. The first-order valence-corrected chi connectivity index (χ1v) is 6.49. The maximum absolute atomic E-state index is 5.72. The molecule has 0 saturated heterocycles. The Kier molecular flexibility index (Phi) is 6.01. The van der Waals surface area contributed by atoms with Crippen LogP contribution >= 0.6 is 0 Å². The van der Waals surface area contributed by atoms with Gasteiger partial charge in [0.05, 0.1) is 0 Å². The summed E-state index contributed by atoms with van der Waals surface area (Å²) in [4.78, 5) is 0. The van der Waals surface area contributed by atoms with Crippen molar-refractivity contribution in [2.24, 2.45) is 0 Å². The molecule has 1 rings (SSSR count). The van der Waals surface area contributed by atoms with Crippen LogP contribution in [0, 0.1) is 6.92 Å². The number of hydrogen-bond donors (Lipinski definition) is 2. The normalized spacial score (nSPS) is 10.9. The quantitative estimate of drug-likeness (QED) is 0.660. The van der Waals surface area contributed by atoms with Crippen molar-refractivity contribution >= 4 is 0 Å². The minimum atomic E-state index is 0.578. The van der Waals surface area contributed by atoms with E-state index in [1.54, 1.807) is 0 Å². The van der Waals surface area contributed by atoms with Crippen LogP contribution in [0.2, 0.25) is 0 Å². The van der Waals surface area contributed by atoms with Crippen molar-refractivity contribution in [3.8, 4) is 5.75 Å². The van der Waals surface area contributed by atoms with Crippen LogP contribution in [0.4, 0.5) is 0 Å². The first kappa shape index (κ1) is 14.0. The summed E-state index contributed by atoms with van der Waals surface area (Å²) in [6.07, 6.45) is 0. The van der Waals surface area contributed by atoms with Crippen LogP contribution in [0.25, 0.3) is 0 Å². The summed E-state index contributed by atoms with van der Waals surface area (Å²) in [5, 5.41) is 2.24. The van der Waals surface area contributed by atoms with Crippen molar-refractivity contribution in [2.75, 3.05) is 26.2 Å². The molecule has 0 atom stereocenters. The van der Waals surface area contributed by atoms with Crippen LogP contribution in [-0.2, 0) is 0 Å². The number of rotatable bonds is 7. The lowest BCUT2D eigenvalue weighted by molar-refractivity contribution is -0.670. The van der Waals surface area contributed by atoms with Gasteiger partial charge in [-0.3, -0.25) is 0 Å².